The molecule has 0 aliphatic heterocycles. The van der Waals surface area contributed by atoms with Crippen molar-refractivity contribution in [2.75, 3.05) is 0 Å². The van der Waals surface area contributed by atoms with Crippen molar-refractivity contribution in [3.8, 4) is 11.5 Å². The molecule has 1 fully saturated rings. The molecule has 0 spiro atoms. The van der Waals surface area contributed by atoms with Gasteiger partial charge < -0.3 is 9.47 Å². The van der Waals surface area contributed by atoms with Crippen LogP contribution >= 0.6 is 0 Å². The molecule has 37 heavy (non-hydrogen) atoms. The predicted molar refractivity (Wildman–Crippen MR) is 148 cm³/mol. The lowest BCUT2D eigenvalue weighted by Crippen LogP contribution is -2.24. The number of rotatable bonds is 12. The van der Waals surface area contributed by atoms with Gasteiger partial charge in [0.25, 0.3) is 0 Å². The van der Waals surface area contributed by atoms with Gasteiger partial charge in [0, 0.05) is 0 Å². The normalized spacial score (nSPS) is 18.4. The van der Waals surface area contributed by atoms with Crippen LogP contribution in [0.1, 0.15) is 94.9 Å². The Bertz CT molecular complexity index is 1020. The minimum Gasteiger partial charge on any atom is -0.423 e. The van der Waals surface area contributed by atoms with E-state index in [1.807, 2.05) is 24.3 Å². The maximum atomic E-state index is 13.5. The van der Waals surface area contributed by atoms with Crippen LogP contribution in [0.3, 0.4) is 0 Å². The van der Waals surface area contributed by atoms with E-state index in [1.165, 1.54) is 22.3 Å². The average Bonchev–Trinajstić information content (AvgIpc) is 3.47. The number of fused-ring (bicyclic) bond motifs is 2. The van der Waals surface area contributed by atoms with E-state index in [0.717, 1.165) is 70.6 Å². The maximum Gasteiger partial charge on any atom is 0.340 e. The van der Waals surface area contributed by atoms with Crippen LogP contribution in [0.4, 0.5) is 0 Å². The molecule has 4 heteroatoms. The summed E-state index contributed by atoms with van der Waals surface area (Å²) in [5.41, 5.74) is 5.83. The van der Waals surface area contributed by atoms with Crippen LogP contribution in [0.15, 0.2) is 47.5 Å². The average molecular weight is 503 g/mol. The summed E-state index contributed by atoms with van der Waals surface area (Å²) < 4.78 is 11.9. The zero-order valence-electron chi connectivity index (χ0n) is 23.0. The van der Waals surface area contributed by atoms with E-state index in [9.17, 15) is 9.59 Å². The molecule has 2 bridgehead atoms. The summed E-state index contributed by atoms with van der Waals surface area (Å²) in [4.78, 5) is 27.0. The van der Waals surface area contributed by atoms with Crippen molar-refractivity contribution in [2.24, 2.45) is 11.8 Å². The fraction of sp³-hybridized carbons (Fsp3) is 0.515. The first kappa shape index (κ1) is 27.2. The first-order valence-corrected chi connectivity index (χ1v) is 14.4. The lowest BCUT2D eigenvalue weighted by Gasteiger charge is -2.19. The number of esters is 2. The van der Waals surface area contributed by atoms with Crippen LogP contribution in [-0.2, 0) is 35.3 Å². The van der Waals surface area contributed by atoms with Crippen molar-refractivity contribution in [3.05, 3.63) is 69.8 Å². The highest BCUT2D eigenvalue weighted by Gasteiger charge is 2.46. The molecule has 0 saturated heterocycles. The molecule has 2 unspecified atom stereocenters. The lowest BCUT2D eigenvalue weighted by atomic mass is 9.91. The number of carbonyl (C=O) groups excluding carboxylic acids is 2. The van der Waals surface area contributed by atoms with E-state index in [0.29, 0.717) is 22.6 Å². The summed E-state index contributed by atoms with van der Waals surface area (Å²) in [5.74, 6) is 0.549. The van der Waals surface area contributed by atoms with Crippen molar-refractivity contribution in [2.45, 2.75) is 98.3 Å². The monoisotopic (exact) mass is 502 g/mol. The fourth-order valence-electron chi connectivity index (χ4n) is 6.13. The van der Waals surface area contributed by atoms with Gasteiger partial charge in [0.15, 0.2) is 0 Å². The van der Waals surface area contributed by atoms with E-state index in [-0.39, 0.29) is 23.8 Å². The maximum absolute atomic E-state index is 13.5. The first-order valence-electron chi connectivity index (χ1n) is 14.4. The van der Waals surface area contributed by atoms with E-state index in [4.69, 9.17) is 9.47 Å². The Hall–Kier alpha value is -2.88. The number of hydrogen-bond acceptors (Lipinski definition) is 4. The van der Waals surface area contributed by atoms with Crippen molar-refractivity contribution >= 4 is 11.9 Å². The van der Waals surface area contributed by atoms with Gasteiger partial charge in [0.1, 0.15) is 11.5 Å². The highest BCUT2D eigenvalue weighted by Crippen LogP contribution is 2.49. The van der Waals surface area contributed by atoms with Gasteiger partial charge in [-0.05, 0) is 103 Å². The molecule has 0 heterocycles. The third-order valence-electron chi connectivity index (χ3n) is 7.61. The van der Waals surface area contributed by atoms with Crippen molar-refractivity contribution in [3.63, 3.8) is 0 Å². The second kappa shape index (κ2) is 12.6. The van der Waals surface area contributed by atoms with Gasteiger partial charge in [-0.2, -0.15) is 0 Å². The summed E-state index contributed by atoms with van der Waals surface area (Å²) in [6, 6.07) is 12.3. The van der Waals surface area contributed by atoms with Gasteiger partial charge in [-0.1, -0.05) is 65.5 Å². The Balaban J connectivity index is 1.60. The molecule has 4 rings (SSSR count). The summed E-state index contributed by atoms with van der Waals surface area (Å²) in [6.45, 7) is 8.61. The lowest BCUT2D eigenvalue weighted by molar-refractivity contribution is -0.133. The summed E-state index contributed by atoms with van der Waals surface area (Å²) in [5, 5.41) is 0. The van der Waals surface area contributed by atoms with Gasteiger partial charge in [-0.25, -0.2) is 9.59 Å². The number of benzene rings is 2. The Kier molecular flexibility index (Phi) is 9.23. The van der Waals surface area contributed by atoms with Crippen molar-refractivity contribution in [1.29, 1.82) is 0 Å². The third kappa shape index (κ3) is 6.52. The molecule has 2 aromatic carbocycles. The summed E-state index contributed by atoms with van der Waals surface area (Å²) in [7, 11) is 0. The minimum atomic E-state index is -0.387. The fourth-order valence-corrected chi connectivity index (χ4v) is 6.13. The number of carbonyl (C=O) groups is 2. The molecule has 0 amide bonds. The summed E-state index contributed by atoms with van der Waals surface area (Å²) >= 11 is 0. The Morgan fingerprint density at radius 3 is 1.22 bits per heavy atom. The van der Waals surface area contributed by atoms with Crippen LogP contribution in [0.5, 0.6) is 11.5 Å². The van der Waals surface area contributed by atoms with Crippen LogP contribution < -0.4 is 9.47 Å². The van der Waals surface area contributed by atoms with Crippen LogP contribution in [-0.4, -0.2) is 11.9 Å². The van der Waals surface area contributed by atoms with E-state index in [1.54, 1.807) is 0 Å². The second-order valence-electron chi connectivity index (χ2n) is 10.8. The quantitative estimate of drug-likeness (QED) is 0.220. The zero-order chi connectivity index (χ0) is 26.4. The highest BCUT2D eigenvalue weighted by atomic mass is 16.5. The molecule has 2 atom stereocenters. The molecular weight excluding hydrogens is 460 g/mol. The van der Waals surface area contributed by atoms with Gasteiger partial charge in [-0.15, -0.1) is 0 Å². The van der Waals surface area contributed by atoms with Gasteiger partial charge in [0.05, 0.1) is 11.1 Å². The molecule has 1 saturated carbocycles. The number of aryl methyl sites for hydroxylation is 4. The van der Waals surface area contributed by atoms with E-state index >= 15 is 0 Å². The number of ether oxygens (including phenoxy) is 2. The van der Waals surface area contributed by atoms with Crippen LogP contribution in [0, 0.1) is 11.8 Å². The van der Waals surface area contributed by atoms with Gasteiger partial charge in [-0.3, -0.25) is 0 Å². The standard InChI is InChI=1S/C33H42O4/c1-5-9-22-15-23(10-6-2)18-28(17-22)36-32(34)30-26-13-14-27(21-26)31(30)33(35)37-29-19-24(11-7-3)16-25(20-29)12-8-4/h15-20,26-27H,5-14,21H2,1-4H3. The van der Waals surface area contributed by atoms with Crippen LogP contribution in [0.2, 0.25) is 0 Å². The minimum absolute atomic E-state index is 0.0797. The van der Waals surface area contributed by atoms with E-state index in [2.05, 4.69) is 39.8 Å². The Labute approximate surface area is 222 Å². The molecule has 0 aromatic heterocycles. The molecule has 2 aliphatic carbocycles. The summed E-state index contributed by atoms with van der Waals surface area (Å²) in [6.07, 6.45) is 10.6. The Morgan fingerprint density at radius 2 is 0.919 bits per heavy atom. The van der Waals surface area contributed by atoms with Crippen molar-refractivity contribution < 1.29 is 19.1 Å². The molecule has 0 N–H and O–H groups in total. The molecular formula is C33H42O4. The first-order chi connectivity index (χ1) is 17.9. The molecule has 2 aromatic rings. The smallest absolute Gasteiger partial charge is 0.340 e. The second-order valence-corrected chi connectivity index (χ2v) is 10.8. The highest BCUT2D eigenvalue weighted by molar-refractivity contribution is 6.03. The molecule has 2 aliphatic rings. The van der Waals surface area contributed by atoms with Gasteiger partial charge >= 0.3 is 11.9 Å². The van der Waals surface area contributed by atoms with E-state index < -0.39 is 0 Å². The third-order valence-corrected chi connectivity index (χ3v) is 7.61. The number of hydrogen-bond donors (Lipinski definition) is 0. The SMILES string of the molecule is CCCc1cc(CCC)cc(OC(=O)C2=C(C(=O)Oc3cc(CCC)cc(CCC)c3)C3CCC2C3)c1. The predicted octanol–water partition coefficient (Wildman–Crippen LogP) is 7.73. The molecule has 0 radical (unpaired) electrons. The van der Waals surface area contributed by atoms with Crippen molar-refractivity contribution in [1.82, 2.24) is 0 Å². The topological polar surface area (TPSA) is 52.6 Å². The van der Waals surface area contributed by atoms with Gasteiger partial charge in [0.2, 0.25) is 0 Å². The zero-order valence-corrected chi connectivity index (χ0v) is 23.0. The van der Waals surface area contributed by atoms with Crippen LogP contribution in [0.25, 0.3) is 0 Å². The molecule has 4 nitrogen and oxygen atoms in total. The largest absolute Gasteiger partial charge is 0.423 e. The molecule has 198 valence electrons. The Morgan fingerprint density at radius 1 is 0.595 bits per heavy atom.